The first-order valence-electron chi connectivity index (χ1n) is 12.3. The third-order valence-electron chi connectivity index (χ3n) is 6.92. The summed E-state index contributed by atoms with van der Waals surface area (Å²) in [6, 6.07) is 9.08. The van der Waals surface area contributed by atoms with Crippen LogP contribution in [0.4, 0.5) is 11.4 Å². The predicted molar refractivity (Wildman–Crippen MR) is 137 cm³/mol. The molecule has 8 heteroatoms. The van der Waals surface area contributed by atoms with Gasteiger partial charge in [-0.05, 0) is 74.6 Å². The van der Waals surface area contributed by atoms with Crippen molar-refractivity contribution in [3.8, 4) is 0 Å². The van der Waals surface area contributed by atoms with Crippen molar-refractivity contribution in [1.82, 2.24) is 10.2 Å². The van der Waals surface area contributed by atoms with E-state index in [0.29, 0.717) is 16.8 Å². The van der Waals surface area contributed by atoms with Gasteiger partial charge in [0.25, 0.3) is 15.9 Å². The van der Waals surface area contributed by atoms with Gasteiger partial charge in [0.15, 0.2) is 0 Å². The Morgan fingerprint density at radius 3 is 2.18 bits per heavy atom. The van der Waals surface area contributed by atoms with Gasteiger partial charge in [-0.25, -0.2) is 8.42 Å². The lowest BCUT2D eigenvalue weighted by Gasteiger charge is -2.31. The van der Waals surface area contributed by atoms with E-state index in [0.717, 1.165) is 81.8 Å². The summed E-state index contributed by atoms with van der Waals surface area (Å²) in [4.78, 5) is 17.6. The average molecular weight is 485 g/mol. The normalized spacial score (nSPS) is 17.4. The van der Waals surface area contributed by atoms with E-state index < -0.39 is 10.0 Å². The molecule has 0 spiro atoms. The van der Waals surface area contributed by atoms with E-state index in [-0.39, 0.29) is 10.8 Å². The number of sulfonamides is 1. The van der Waals surface area contributed by atoms with E-state index in [2.05, 4.69) is 14.9 Å². The van der Waals surface area contributed by atoms with Crippen molar-refractivity contribution in [2.45, 2.75) is 51.3 Å². The molecule has 34 heavy (non-hydrogen) atoms. The van der Waals surface area contributed by atoms with E-state index in [1.807, 2.05) is 43.9 Å². The van der Waals surface area contributed by atoms with Crippen molar-refractivity contribution < 1.29 is 13.2 Å². The zero-order valence-electron chi connectivity index (χ0n) is 20.5. The van der Waals surface area contributed by atoms with Crippen molar-refractivity contribution in [3.63, 3.8) is 0 Å². The third-order valence-corrected chi connectivity index (χ3v) is 8.43. The Morgan fingerprint density at radius 1 is 0.853 bits per heavy atom. The highest BCUT2D eigenvalue weighted by Crippen LogP contribution is 2.32. The topological polar surface area (TPSA) is 81.8 Å². The summed E-state index contributed by atoms with van der Waals surface area (Å²) in [6.07, 6.45) is 4.31. The Bertz CT molecular complexity index is 1150. The van der Waals surface area contributed by atoms with E-state index in [4.69, 9.17) is 0 Å². The third kappa shape index (κ3) is 5.39. The van der Waals surface area contributed by atoms with Crippen molar-refractivity contribution in [2.24, 2.45) is 0 Å². The van der Waals surface area contributed by atoms with Gasteiger partial charge in [-0.3, -0.25) is 9.52 Å². The molecule has 184 valence electrons. The summed E-state index contributed by atoms with van der Waals surface area (Å²) >= 11 is 0. The molecular formula is C26H36N4O3S. The van der Waals surface area contributed by atoms with Crippen molar-refractivity contribution in [2.75, 3.05) is 48.9 Å². The van der Waals surface area contributed by atoms with Crippen LogP contribution in [0.3, 0.4) is 0 Å². The molecule has 0 saturated carbocycles. The average Bonchev–Trinajstić information content (AvgIpc) is 3.11. The molecular weight excluding hydrogens is 448 g/mol. The van der Waals surface area contributed by atoms with Crippen LogP contribution in [0, 0.1) is 20.8 Å². The maximum absolute atomic E-state index is 13.5. The number of nitrogens with zero attached hydrogens (tertiary/aromatic N) is 2. The van der Waals surface area contributed by atoms with Crippen LogP contribution in [-0.4, -0.2) is 58.5 Å². The molecule has 0 bridgehead atoms. The summed E-state index contributed by atoms with van der Waals surface area (Å²) in [5.41, 5.74) is 4.48. The van der Waals surface area contributed by atoms with Crippen molar-refractivity contribution in [3.05, 3.63) is 52.6 Å². The predicted octanol–water partition coefficient (Wildman–Crippen LogP) is 3.84. The fourth-order valence-electron chi connectivity index (χ4n) is 4.81. The van der Waals surface area contributed by atoms with Crippen LogP contribution in [0.15, 0.2) is 35.2 Å². The highest BCUT2D eigenvalue weighted by Gasteiger charge is 2.24. The van der Waals surface area contributed by atoms with Crippen molar-refractivity contribution >= 4 is 27.3 Å². The molecule has 2 N–H and O–H groups in total. The van der Waals surface area contributed by atoms with Gasteiger partial charge in [-0.2, -0.15) is 0 Å². The zero-order valence-corrected chi connectivity index (χ0v) is 21.3. The Hall–Kier alpha value is -2.58. The van der Waals surface area contributed by atoms with Crippen LogP contribution in [0.2, 0.25) is 0 Å². The van der Waals surface area contributed by atoms with Crippen LogP contribution >= 0.6 is 0 Å². The van der Waals surface area contributed by atoms with Gasteiger partial charge < -0.3 is 15.1 Å². The van der Waals surface area contributed by atoms with Gasteiger partial charge in [0.05, 0.1) is 16.3 Å². The molecule has 2 heterocycles. The first kappa shape index (κ1) is 24.5. The first-order chi connectivity index (χ1) is 16.3. The Labute approximate surface area is 203 Å². The number of carbonyl (C=O) groups is 1. The second-order valence-electron chi connectivity index (χ2n) is 9.48. The van der Waals surface area contributed by atoms with Crippen LogP contribution in [0.5, 0.6) is 0 Å². The Morgan fingerprint density at radius 2 is 1.50 bits per heavy atom. The summed E-state index contributed by atoms with van der Waals surface area (Å²) in [6.45, 7) is 10.4. The van der Waals surface area contributed by atoms with Crippen LogP contribution in [-0.2, 0) is 10.0 Å². The molecule has 0 unspecified atom stereocenters. The molecule has 4 rings (SSSR count). The molecule has 2 aromatic carbocycles. The molecule has 0 aromatic heterocycles. The van der Waals surface area contributed by atoms with E-state index >= 15 is 0 Å². The maximum atomic E-state index is 13.5. The lowest BCUT2D eigenvalue weighted by atomic mass is 10.1. The largest absolute Gasteiger partial charge is 0.367 e. The standard InChI is InChI=1S/C26H36N4O3S/c1-19-16-21(3)25(17-20(19)2)34(32,33)28-23-18-22(26(31)30-12-6-4-5-7-13-30)8-9-24(23)29-14-10-27-11-15-29/h8-9,16-18,27-28H,4-7,10-15H2,1-3H3. The smallest absolute Gasteiger partial charge is 0.262 e. The monoisotopic (exact) mass is 484 g/mol. The number of nitrogens with one attached hydrogen (secondary N) is 2. The van der Waals surface area contributed by atoms with Gasteiger partial charge in [-0.1, -0.05) is 18.9 Å². The number of aryl methyl sites for hydroxylation is 3. The molecule has 1 amide bonds. The van der Waals surface area contributed by atoms with Crippen LogP contribution in [0.1, 0.15) is 52.7 Å². The second kappa shape index (κ2) is 10.4. The number of hydrogen-bond acceptors (Lipinski definition) is 5. The Kier molecular flexibility index (Phi) is 7.48. The number of hydrogen-bond donors (Lipinski definition) is 2. The molecule has 7 nitrogen and oxygen atoms in total. The summed E-state index contributed by atoms with van der Waals surface area (Å²) in [5, 5.41) is 3.33. The van der Waals surface area contributed by atoms with Crippen LogP contribution in [0.25, 0.3) is 0 Å². The number of amides is 1. The molecule has 0 radical (unpaired) electrons. The molecule has 2 fully saturated rings. The number of benzene rings is 2. The van der Waals surface area contributed by atoms with Crippen molar-refractivity contribution in [1.29, 1.82) is 0 Å². The summed E-state index contributed by atoms with van der Waals surface area (Å²) < 4.78 is 29.9. The highest BCUT2D eigenvalue weighted by molar-refractivity contribution is 7.92. The molecule has 2 aliphatic rings. The van der Waals surface area contributed by atoms with Gasteiger partial charge in [0, 0.05) is 44.8 Å². The lowest BCUT2D eigenvalue weighted by molar-refractivity contribution is 0.0761. The molecule has 0 atom stereocenters. The molecule has 0 aliphatic carbocycles. The van der Waals surface area contributed by atoms with E-state index in [1.165, 1.54) is 0 Å². The van der Waals surface area contributed by atoms with E-state index in [1.54, 1.807) is 12.1 Å². The number of likely N-dealkylation sites (tertiary alicyclic amines) is 1. The molecule has 2 saturated heterocycles. The molecule has 2 aliphatic heterocycles. The highest BCUT2D eigenvalue weighted by atomic mass is 32.2. The lowest BCUT2D eigenvalue weighted by Crippen LogP contribution is -2.43. The summed E-state index contributed by atoms with van der Waals surface area (Å²) in [5.74, 6) is -0.0310. The number of rotatable bonds is 5. The number of anilines is 2. The second-order valence-corrected chi connectivity index (χ2v) is 11.1. The van der Waals surface area contributed by atoms with Gasteiger partial charge in [-0.15, -0.1) is 0 Å². The Balaban J connectivity index is 1.71. The van der Waals surface area contributed by atoms with E-state index in [9.17, 15) is 13.2 Å². The summed E-state index contributed by atoms with van der Waals surface area (Å²) in [7, 11) is -3.83. The van der Waals surface area contributed by atoms with Gasteiger partial charge in [0.2, 0.25) is 0 Å². The number of carbonyl (C=O) groups excluding carboxylic acids is 1. The minimum absolute atomic E-state index is 0.0310. The SMILES string of the molecule is Cc1cc(C)c(S(=O)(=O)Nc2cc(C(=O)N3CCCCCC3)ccc2N2CCNCC2)cc1C. The molecule has 2 aromatic rings. The zero-order chi connectivity index (χ0) is 24.3. The first-order valence-corrected chi connectivity index (χ1v) is 13.7. The fourth-order valence-corrected chi connectivity index (χ4v) is 6.19. The number of piperazine rings is 1. The minimum atomic E-state index is -3.83. The fraction of sp³-hybridized carbons (Fsp3) is 0.500. The quantitative estimate of drug-likeness (QED) is 0.674. The van der Waals surface area contributed by atoms with Gasteiger partial charge >= 0.3 is 0 Å². The minimum Gasteiger partial charge on any atom is -0.367 e. The maximum Gasteiger partial charge on any atom is 0.262 e. The van der Waals surface area contributed by atoms with Gasteiger partial charge in [0.1, 0.15) is 0 Å². The van der Waals surface area contributed by atoms with Crippen LogP contribution < -0.4 is 14.9 Å².